The Morgan fingerprint density at radius 2 is 2.40 bits per heavy atom. The molecule has 5 nitrogen and oxygen atoms in total. The van der Waals surface area contributed by atoms with Gasteiger partial charge in [-0.3, -0.25) is 4.57 Å². The first-order chi connectivity index (χ1) is 7.17. The molecule has 0 radical (unpaired) electrons. The lowest BCUT2D eigenvalue weighted by Crippen LogP contribution is -2.31. The van der Waals surface area contributed by atoms with Crippen molar-refractivity contribution in [3.63, 3.8) is 0 Å². The van der Waals surface area contributed by atoms with Gasteiger partial charge in [-0.1, -0.05) is 0 Å². The topological polar surface area (TPSA) is 64.3 Å². The predicted molar refractivity (Wildman–Crippen MR) is 55.7 cm³/mol. The number of aliphatic hydroxyl groups excluding tert-OH is 1. The van der Waals surface area contributed by atoms with Gasteiger partial charge in [0.25, 0.3) is 0 Å². The van der Waals surface area contributed by atoms with Crippen molar-refractivity contribution in [2.45, 2.75) is 26.5 Å². The minimum atomic E-state index is -0.350. The number of hydrogen-bond acceptors (Lipinski definition) is 4. The van der Waals surface area contributed by atoms with E-state index in [-0.39, 0.29) is 18.4 Å². The van der Waals surface area contributed by atoms with Crippen molar-refractivity contribution < 1.29 is 9.84 Å². The fourth-order valence-electron chi connectivity index (χ4n) is 1.27. The highest BCUT2D eigenvalue weighted by Crippen LogP contribution is 1.95. The fourth-order valence-corrected chi connectivity index (χ4v) is 1.27. The van der Waals surface area contributed by atoms with Crippen LogP contribution in [0.4, 0.5) is 0 Å². The fraction of sp³-hybridized carbons (Fsp3) is 0.600. The van der Waals surface area contributed by atoms with E-state index in [9.17, 15) is 4.79 Å². The van der Waals surface area contributed by atoms with Gasteiger partial charge in [0.2, 0.25) is 0 Å². The second kappa shape index (κ2) is 5.63. The van der Waals surface area contributed by atoms with Crippen LogP contribution in [0.15, 0.2) is 17.1 Å². The summed E-state index contributed by atoms with van der Waals surface area (Å²) < 4.78 is 6.68. The highest BCUT2D eigenvalue weighted by molar-refractivity contribution is 4.95. The van der Waals surface area contributed by atoms with E-state index in [1.54, 1.807) is 19.2 Å². The average molecular weight is 212 g/mol. The van der Waals surface area contributed by atoms with Crippen molar-refractivity contribution >= 4 is 0 Å². The Kier molecular flexibility index (Phi) is 4.45. The molecular formula is C10H16N2O3. The minimum absolute atomic E-state index is 0.103. The Bertz CT molecular complexity index is 362. The van der Waals surface area contributed by atoms with E-state index in [1.807, 2.05) is 6.92 Å². The van der Waals surface area contributed by atoms with E-state index in [4.69, 9.17) is 9.84 Å². The molecule has 0 aliphatic rings. The molecule has 0 aliphatic carbocycles. The van der Waals surface area contributed by atoms with Crippen LogP contribution in [0.2, 0.25) is 0 Å². The highest BCUT2D eigenvalue weighted by atomic mass is 16.5. The standard InChI is InChI=1S/C10H16N2O3/c1-3-15-9(7-13)6-12-5-4-8(2)11-10(12)14/h4-5,9,13H,3,6-7H2,1-2H3. The van der Waals surface area contributed by atoms with E-state index in [0.29, 0.717) is 18.8 Å². The Balaban J connectivity index is 2.75. The van der Waals surface area contributed by atoms with Crippen LogP contribution < -0.4 is 5.69 Å². The molecule has 0 saturated heterocycles. The van der Waals surface area contributed by atoms with Gasteiger partial charge >= 0.3 is 5.69 Å². The van der Waals surface area contributed by atoms with E-state index < -0.39 is 0 Å². The van der Waals surface area contributed by atoms with Gasteiger partial charge in [-0.15, -0.1) is 0 Å². The maximum Gasteiger partial charge on any atom is 0.347 e. The van der Waals surface area contributed by atoms with Gasteiger partial charge < -0.3 is 9.84 Å². The van der Waals surface area contributed by atoms with Crippen LogP contribution in [0.1, 0.15) is 12.6 Å². The van der Waals surface area contributed by atoms with Crippen LogP contribution in [0.25, 0.3) is 0 Å². The summed E-state index contributed by atoms with van der Waals surface area (Å²) in [7, 11) is 0. The number of ether oxygens (including phenoxy) is 1. The Labute approximate surface area is 88.3 Å². The van der Waals surface area contributed by atoms with Crippen molar-refractivity contribution in [2.75, 3.05) is 13.2 Å². The quantitative estimate of drug-likeness (QED) is 0.743. The van der Waals surface area contributed by atoms with E-state index >= 15 is 0 Å². The second-order valence-corrected chi connectivity index (χ2v) is 3.26. The first-order valence-electron chi connectivity index (χ1n) is 4.94. The van der Waals surface area contributed by atoms with Crippen LogP contribution >= 0.6 is 0 Å². The average Bonchev–Trinajstić information content (AvgIpc) is 2.21. The molecule has 1 atom stereocenters. The molecule has 5 heteroatoms. The van der Waals surface area contributed by atoms with Gasteiger partial charge in [0.05, 0.1) is 19.3 Å². The number of aliphatic hydroxyl groups is 1. The second-order valence-electron chi connectivity index (χ2n) is 3.26. The first-order valence-corrected chi connectivity index (χ1v) is 4.94. The molecule has 15 heavy (non-hydrogen) atoms. The molecule has 0 bridgehead atoms. The number of aromatic nitrogens is 2. The molecule has 0 aromatic carbocycles. The van der Waals surface area contributed by atoms with Gasteiger partial charge in [-0.25, -0.2) is 4.79 Å². The van der Waals surface area contributed by atoms with Gasteiger partial charge in [0, 0.05) is 18.5 Å². The number of hydrogen-bond donors (Lipinski definition) is 1. The van der Waals surface area contributed by atoms with Crippen LogP contribution in [0, 0.1) is 6.92 Å². The van der Waals surface area contributed by atoms with Crippen molar-refractivity contribution in [1.29, 1.82) is 0 Å². The Morgan fingerprint density at radius 3 is 2.93 bits per heavy atom. The molecule has 1 aromatic heterocycles. The highest BCUT2D eigenvalue weighted by Gasteiger charge is 2.08. The largest absolute Gasteiger partial charge is 0.394 e. The van der Waals surface area contributed by atoms with Crippen molar-refractivity contribution in [3.05, 3.63) is 28.4 Å². The zero-order valence-corrected chi connectivity index (χ0v) is 9.01. The molecule has 1 rings (SSSR count). The first kappa shape index (κ1) is 11.9. The predicted octanol–water partition coefficient (Wildman–Crippen LogP) is -0.0509. The van der Waals surface area contributed by atoms with Crippen molar-refractivity contribution in [2.24, 2.45) is 0 Å². The molecule has 1 aromatic rings. The summed E-state index contributed by atoms with van der Waals surface area (Å²) in [6, 6.07) is 1.75. The summed E-state index contributed by atoms with van der Waals surface area (Å²) in [5.74, 6) is 0. The van der Waals surface area contributed by atoms with E-state index in [1.165, 1.54) is 4.57 Å². The maximum absolute atomic E-state index is 11.4. The van der Waals surface area contributed by atoms with E-state index in [0.717, 1.165) is 0 Å². The molecule has 0 saturated carbocycles. The number of rotatable bonds is 5. The molecular weight excluding hydrogens is 196 g/mol. The van der Waals surface area contributed by atoms with Gasteiger partial charge in [0.1, 0.15) is 0 Å². The summed E-state index contributed by atoms with van der Waals surface area (Å²) in [6.07, 6.45) is 1.31. The molecule has 1 unspecified atom stereocenters. The van der Waals surface area contributed by atoms with Crippen LogP contribution in [-0.2, 0) is 11.3 Å². The summed E-state index contributed by atoms with van der Waals surface area (Å²) in [5, 5.41) is 9.00. The Morgan fingerprint density at radius 1 is 1.67 bits per heavy atom. The molecule has 1 heterocycles. The van der Waals surface area contributed by atoms with Gasteiger partial charge in [0.15, 0.2) is 0 Å². The third-order valence-corrected chi connectivity index (χ3v) is 2.02. The minimum Gasteiger partial charge on any atom is -0.394 e. The van der Waals surface area contributed by atoms with Crippen LogP contribution in [0.3, 0.4) is 0 Å². The molecule has 1 N–H and O–H groups in total. The summed E-state index contributed by atoms with van der Waals surface area (Å²) in [6.45, 7) is 4.35. The van der Waals surface area contributed by atoms with Crippen molar-refractivity contribution in [1.82, 2.24) is 9.55 Å². The zero-order chi connectivity index (χ0) is 11.3. The lowest BCUT2D eigenvalue weighted by Gasteiger charge is -2.15. The molecule has 0 spiro atoms. The monoisotopic (exact) mass is 212 g/mol. The third kappa shape index (κ3) is 3.45. The van der Waals surface area contributed by atoms with Crippen LogP contribution in [0.5, 0.6) is 0 Å². The van der Waals surface area contributed by atoms with Gasteiger partial charge in [-0.2, -0.15) is 4.98 Å². The molecule has 0 fully saturated rings. The van der Waals surface area contributed by atoms with Gasteiger partial charge in [-0.05, 0) is 19.9 Å². The van der Waals surface area contributed by atoms with Crippen LogP contribution in [-0.4, -0.2) is 34.0 Å². The lowest BCUT2D eigenvalue weighted by molar-refractivity contribution is 0.00893. The maximum atomic E-state index is 11.4. The summed E-state index contributed by atoms with van der Waals surface area (Å²) >= 11 is 0. The molecule has 0 amide bonds. The SMILES string of the molecule is CCOC(CO)Cn1ccc(C)nc1=O. The summed E-state index contributed by atoms with van der Waals surface area (Å²) in [5.41, 5.74) is 0.376. The zero-order valence-electron chi connectivity index (χ0n) is 9.01. The normalized spacial score (nSPS) is 12.7. The van der Waals surface area contributed by atoms with E-state index in [2.05, 4.69) is 4.98 Å². The molecule has 0 aliphatic heterocycles. The lowest BCUT2D eigenvalue weighted by atomic mass is 10.3. The van der Waals surface area contributed by atoms with Crippen molar-refractivity contribution in [3.8, 4) is 0 Å². The molecule has 84 valence electrons. The number of nitrogens with zero attached hydrogens (tertiary/aromatic N) is 2. The smallest absolute Gasteiger partial charge is 0.347 e. The third-order valence-electron chi connectivity index (χ3n) is 2.02. The Hall–Kier alpha value is -1.20. The number of aryl methyl sites for hydroxylation is 1. The summed E-state index contributed by atoms with van der Waals surface area (Å²) in [4.78, 5) is 15.2.